The first-order valence-electron chi connectivity index (χ1n) is 4.99. The molecule has 0 bridgehead atoms. The molecule has 6 heteroatoms. The van der Waals surface area contributed by atoms with Gasteiger partial charge in [0.1, 0.15) is 0 Å². The Morgan fingerprint density at radius 3 is 2.89 bits per heavy atom. The van der Waals surface area contributed by atoms with Crippen molar-refractivity contribution in [3.8, 4) is 0 Å². The summed E-state index contributed by atoms with van der Waals surface area (Å²) in [5.41, 5.74) is 2.84. The van der Waals surface area contributed by atoms with Crippen LogP contribution in [0.5, 0.6) is 0 Å². The maximum atomic E-state index is 11.7. The van der Waals surface area contributed by atoms with Crippen molar-refractivity contribution in [3.63, 3.8) is 0 Å². The van der Waals surface area contributed by atoms with Gasteiger partial charge >= 0.3 is 0 Å². The fraction of sp³-hybridized carbons (Fsp3) is 0. The first-order chi connectivity index (χ1) is 8.66. The van der Waals surface area contributed by atoms with Crippen LogP contribution in [0, 0.1) is 0 Å². The van der Waals surface area contributed by atoms with E-state index in [0.717, 1.165) is 9.35 Å². The van der Waals surface area contributed by atoms with Crippen molar-refractivity contribution in [2.75, 3.05) is 0 Å². The van der Waals surface area contributed by atoms with Gasteiger partial charge in [0.25, 0.3) is 5.91 Å². The van der Waals surface area contributed by atoms with Crippen molar-refractivity contribution in [1.82, 2.24) is 5.43 Å². The summed E-state index contributed by atoms with van der Waals surface area (Å²) >= 11 is 10.8. The minimum absolute atomic E-state index is 0.326. The Bertz CT molecular complexity index is 597. The van der Waals surface area contributed by atoms with Crippen LogP contribution in [-0.4, -0.2) is 12.1 Å². The molecule has 92 valence electrons. The van der Waals surface area contributed by atoms with Crippen LogP contribution in [0.4, 0.5) is 0 Å². The number of rotatable bonds is 3. The summed E-state index contributed by atoms with van der Waals surface area (Å²) in [5, 5.41) is 6.23. The number of hydrogen-bond acceptors (Lipinski definition) is 3. The second kappa shape index (κ2) is 6.13. The van der Waals surface area contributed by atoms with Gasteiger partial charge in [0.05, 0.1) is 16.8 Å². The molecular formula is C12H8BrClN2OS. The van der Waals surface area contributed by atoms with E-state index < -0.39 is 0 Å². The highest BCUT2D eigenvalue weighted by Crippen LogP contribution is 2.18. The maximum absolute atomic E-state index is 11.7. The highest BCUT2D eigenvalue weighted by Gasteiger charge is 2.07. The Balaban J connectivity index is 2.01. The molecule has 0 atom stereocenters. The smallest absolute Gasteiger partial charge is 0.267 e. The molecule has 1 amide bonds. The predicted octanol–water partition coefficient (Wildman–Crippen LogP) is 3.93. The van der Waals surface area contributed by atoms with Crippen LogP contribution in [0.25, 0.3) is 0 Å². The number of halogens is 2. The average Bonchev–Trinajstić information content (AvgIpc) is 2.75. The van der Waals surface area contributed by atoms with Crippen molar-refractivity contribution in [2.45, 2.75) is 0 Å². The average molecular weight is 344 g/mol. The third-order valence-corrected chi connectivity index (χ3v) is 4.02. The van der Waals surface area contributed by atoms with E-state index in [9.17, 15) is 4.79 Å². The first-order valence-corrected chi connectivity index (χ1v) is 7.04. The van der Waals surface area contributed by atoms with E-state index in [2.05, 4.69) is 26.5 Å². The van der Waals surface area contributed by atoms with Gasteiger partial charge in [-0.05, 0) is 34.1 Å². The lowest BCUT2D eigenvalue weighted by Crippen LogP contribution is -2.17. The molecule has 0 aliphatic carbocycles. The van der Waals surface area contributed by atoms with Crippen molar-refractivity contribution in [2.24, 2.45) is 5.10 Å². The van der Waals surface area contributed by atoms with Crippen LogP contribution in [0.1, 0.15) is 15.2 Å². The van der Waals surface area contributed by atoms with E-state index in [-0.39, 0.29) is 5.91 Å². The van der Waals surface area contributed by atoms with E-state index in [1.165, 1.54) is 11.3 Å². The number of nitrogens with one attached hydrogen (secondary N) is 1. The molecule has 0 spiro atoms. The Kier molecular flexibility index (Phi) is 4.52. The topological polar surface area (TPSA) is 41.5 Å². The molecule has 1 heterocycles. The quantitative estimate of drug-likeness (QED) is 0.666. The van der Waals surface area contributed by atoms with Crippen LogP contribution in [-0.2, 0) is 0 Å². The molecule has 0 aliphatic rings. The highest BCUT2D eigenvalue weighted by molar-refractivity contribution is 9.10. The SMILES string of the molecule is O=C(N/N=C/c1cc(Br)cs1)c1ccccc1Cl. The van der Waals surface area contributed by atoms with Gasteiger partial charge < -0.3 is 0 Å². The van der Waals surface area contributed by atoms with Gasteiger partial charge in [0.15, 0.2) is 0 Å². The predicted molar refractivity (Wildman–Crippen MR) is 78.5 cm³/mol. The normalized spacial score (nSPS) is 10.8. The molecule has 3 nitrogen and oxygen atoms in total. The minimum atomic E-state index is -0.326. The van der Waals surface area contributed by atoms with Crippen LogP contribution < -0.4 is 5.43 Å². The molecule has 1 N–H and O–H groups in total. The van der Waals surface area contributed by atoms with Crippen molar-refractivity contribution in [3.05, 3.63) is 55.6 Å². The summed E-state index contributed by atoms with van der Waals surface area (Å²) < 4.78 is 0.992. The lowest BCUT2D eigenvalue weighted by atomic mass is 10.2. The van der Waals surface area contributed by atoms with Crippen LogP contribution in [0.2, 0.25) is 5.02 Å². The molecule has 18 heavy (non-hydrogen) atoms. The molecule has 0 unspecified atom stereocenters. The summed E-state index contributed by atoms with van der Waals surface area (Å²) in [5.74, 6) is -0.326. The molecule has 1 aromatic heterocycles. The number of hydrazone groups is 1. The number of hydrogen-bond donors (Lipinski definition) is 1. The second-order valence-corrected chi connectivity index (χ2v) is 5.61. The molecule has 2 rings (SSSR count). The van der Waals surface area contributed by atoms with E-state index in [4.69, 9.17) is 11.6 Å². The Morgan fingerprint density at radius 2 is 2.22 bits per heavy atom. The monoisotopic (exact) mass is 342 g/mol. The Morgan fingerprint density at radius 1 is 1.44 bits per heavy atom. The fourth-order valence-corrected chi connectivity index (χ4v) is 2.78. The van der Waals surface area contributed by atoms with E-state index in [1.807, 2.05) is 11.4 Å². The number of thiophene rings is 1. The number of benzene rings is 1. The van der Waals surface area contributed by atoms with Crippen molar-refractivity contribution in [1.29, 1.82) is 0 Å². The summed E-state index contributed by atoms with van der Waals surface area (Å²) in [6.45, 7) is 0. The van der Waals surface area contributed by atoms with Crippen molar-refractivity contribution < 1.29 is 4.79 Å². The summed E-state index contributed by atoms with van der Waals surface area (Å²) in [7, 11) is 0. The molecule has 0 radical (unpaired) electrons. The zero-order valence-corrected chi connectivity index (χ0v) is 12.2. The number of carbonyl (C=O) groups is 1. The van der Waals surface area contributed by atoms with Gasteiger partial charge in [-0.15, -0.1) is 11.3 Å². The molecule has 0 saturated heterocycles. The van der Waals surface area contributed by atoms with Gasteiger partial charge in [-0.1, -0.05) is 23.7 Å². The van der Waals surface area contributed by atoms with Crippen LogP contribution in [0.3, 0.4) is 0 Å². The number of carbonyl (C=O) groups excluding carboxylic acids is 1. The van der Waals surface area contributed by atoms with Crippen LogP contribution in [0.15, 0.2) is 45.3 Å². The first kappa shape index (κ1) is 13.3. The van der Waals surface area contributed by atoms with Gasteiger partial charge in [0, 0.05) is 14.7 Å². The van der Waals surface area contributed by atoms with E-state index in [1.54, 1.807) is 30.5 Å². The zero-order valence-electron chi connectivity index (χ0n) is 9.06. The minimum Gasteiger partial charge on any atom is -0.267 e. The molecule has 0 saturated carbocycles. The Labute approximate surface area is 122 Å². The van der Waals surface area contributed by atoms with Gasteiger partial charge in [-0.25, -0.2) is 5.43 Å². The van der Waals surface area contributed by atoms with Crippen molar-refractivity contribution >= 4 is 51.0 Å². The lowest BCUT2D eigenvalue weighted by molar-refractivity contribution is 0.0955. The number of nitrogens with zero attached hydrogens (tertiary/aromatic N) is 1. The van der Waals surface area contributed by atoms with Gasteiger partial charge in [0.2, 0.25) is 0 Å². The molecule has 0 aliphatic heterocycles. The number of amides is 1. The van der Waals surface area contributed by atoms with Gasteiger partial charge in [-0.2, -0.15) is 5.10 Å². The van der Waals surface area contributed by atoms with E-state index in [0.29, 0.717) is 10.6 Å². The largest absolute Gasteiger partial charge is 0.272 e. The van der Waals surface area contributed by atoms with E-state index >= 15 is 0 Å². The van der Waals surface area contributed by atoms with Crippen LogP contribution >= 0.6 is 38.9 Å². The fourth-order valence-electron chi connectivity index (χ4n) is 1.26. The third kappa shape index (κ3) is 3.41. The zero-order chi connectivity index (χ0) is 13.0. The second-order valence-electron chi connectivity index (χ2n) is 3.35. The summed E-state index contributed by atoms with van der Waals surface area (Å²) in [6, 6.07) is 8.74. The molecule has 0 fully saturated rings. The van der Waals surface area contributed by atoms with Gasteiger partial charge in [-0.3, -0.25) is 4.79 Å². The molecular weight excluding hydrogens is 336 g/mol. The maximum Gasteiger partial charge on any atom is 0.272 e. The Hall–Kier alpha value is -1.17. The lowest BCUT2D eigenvalue weighted by Gasteiger charge is -2.01. The standard InChI is InChI=1S/C12H8BrClN2OS/c13-8-5-9(18-7-8)6-15-16-12(17)10-3-1-2-4-11(10)14/h1-7H,(H,16,17)/b15-6+. The summed E-state index contributed by atoms with van der Waals surface area (Å²) in [4.78, 5) is 12.7. The summed E-state index contributed by atoms with van der Waals surface area (Å²) in [6.07, 6.45) is 1.59. The molecule has 1 aromatic carbocycles. The highest BCUT2D eigenvalue weighted by atomic mass is 79.9. The third-order valence-electron chi connectivity index (χ3n) is 2.06. The molecule has 2 aromatic rings.